The van der Waals surface area contributed by atoms with E-state index < -0.39 is 0 Å². The van der Waals surface area contributed by atoms with Crippen LogP contribution in [0.4, 0.5) is 0 Å². The van der Waals surface area contributed by atoms with Gasteiger partial charge in [0.25, 0.3) is 5.56 Å². The van der Waals surface area contributed by atoms with E-state index in [1.165, 1.54) is 16.2 Å². The first-order valence-electron chi connectivity index (χ1n) is 9.17. The highest BCUT2D eigenvalue weighted by molar-refractivity contribution is 9.10. The number of hydrogen-bond acceptors (Lipinski definition) is 7. The predicted octanol–water partition coefficient (Wildman–Crippen LogP) is 3.39. The fraction of sp³-hybridized carbons (Fsp3) is 0.200. The van der Waals surface area contributed by atoms with Crippen molar-refractivity contribution in [3.63, 3.8) is 0 Å². The SMILES string of the molecule is Cn1c(SCc2cc(=O)n3cc(Br)ccc3n2)nnc1[C@@H]1COc2ccccc2O1. The summed E-state index contributed by atoms with van der Waals surface area (Å²) in [6.07, 6.45) is 1.37. The maximum absolute atomic E-state index is 12.4. The third-order valence-electron chi connectivity index (χ3n) is 4.69. The van der Waals surface area contributed by atoms with E-state index in [1.807, 2.05) is 41.9 Å². The number of thioether (sulfide) groups is 1. The van der Waals surface area contributed by atoms with E-state index in [1.54, 1.807) is 18.3 Å². The normalized spacial score (nSPS) is 15.5. The zero-order chi connectivity index (χ0) is 20.7. The molecule has 1 aliphatic rings. The van der Waals surface area contributed by atoms with Crippen molar-refractivity contribution in [2.45, 2.75) is 17.0 Å². The molecule has 5 rings (SSSR count). The number of aromatic nitrogens is 5. The highest BCUT2D eigenvalue weighted by atomic mass is 79.9. The number of fused-ring (bicyclic) bond motifs is 2. The number of ether oxygens (including phenoxy) is 2. The molecule has 0 spiro atoms. The lowest BCUT2D eigenvalue weighted by atomic mass is 10.2. The van der Waals surface area contributed by atoms with Crippen LogP contribution in [-0.2, 0) is 12.8 Å². The van der Waals surface area contributed by atoms with Gasteiger partial charge < -0.3 is 14.0 Å². The Kier molecular flexibility index (Phi) is 4.95. The lowest BCUT2D eigenvalue weighted by Crippen LogP contribution is -2.24. The molecule has 0 bridgehead atoms. The standard InChI is InChI=1S/C20H16BrN5O3S/c1-25-19(16-10-28-14-4-2-3-5-15(14)29-16)23-24-20(25)30-11-13-8-18(27)26-9-12(21)6-7-17(26)22-13/h2-9,16H,10-11H2,1H3/t16-/m0/s1. The number of halogens is 1. The molecule has 4 heterocycles. The molecule has 0 aliphatic carbocycles. The molecule has 10 heteroatoms. The lowest BCUT2D eigenvalue weighted by molar-refractivity contribution is 0.0825. The minimum atomic E-state index is -0.339. The zero-order valence-corrected chi connectivity index (χ0v) is 18.3. The monoisotopic (exact) mass is 485 g/mol. The van der Waals surface area contributed by atoms with Crippen LogP contribution in [0.25, 0.3) is 5.65 Å². The molecule has 0 N–H and O–H groups in total. The van der Waals surface area contributed by atoms with Crippen molar-refractivity contribution in [2.75, 3.05) is 6.61 Å². The van der Waals surface area contributed by atoms with E-state index >= 15 is 0 Å². The van der Waals surface area contributed by atoms with Gasteiger partial charge in [0.15, 0.2) is 28.6 Å². The number of rotatable bonds is 4. The first-order valence-corrected chi connectivity index (χ1v) is 10.9. The summed E-state index contributed by atoms with van der Waals surface area (Å²) in [5.74, 6) is 2.60. The summed E-state index contributed by atoms with van der Waals surface area (Å²) in [7, 11) is 1.89. The summed E-state index contributed by atoms with van der Waals surface area (Å²) in [5, 5.41) is 9.29. The Bertz CT molecular complexity index is 1310. The summed E-state index contributed by atoms with van der Waals surface area (Å²) in [5.41, 5.74) is 1.16. The summed E-state index contributed by atoms with van der Waals surface area (Å²) >= 11 is 4.83. The predicted molar refractivity (Wildman–Crippen MR) is 115 cm³/mol. The Morgan fingerprint density at radius 2 is 2.03 bits per heavy atom. The molecule has 152 valence electrons. The van der Waals surface area contributed by atoms with Gasteiger partial charge in [-0.25, -0.2) is 4.98 Å². The maximum atomic E-state index is 12.4. The largest absolute Gasteiger partial charge is 0.485 e. The summed E-state index contributed by atoms with van der Waals surface area (Å²) in [4.78, 5) is 16.9. The number of pyridine rings is 1. The number of para-hydroxylation sites is 2. The number of nitrogens with zero attached hydrogens (tertiary/aromatic N) is 5. The highest BCUT2D eigenvalue weighted by Crippen LogP contribution is 2.36. The molecule has 0 saturated carbocycles. The lowest BCUT2D eigenvalue weighted by Gasteiger charge is -2.25. The van der Waals surface area contributed by atoms with Crippen LogP contribution in [0, 0.1) is 0 Å². The van der Waals surface area contributed by atoms with Crippen LogP contribution in [-0.4, -0.2) is 30.8 Å². The molecule has 0 fully saturated rings. The topological polar surface area (TPSA) is 83.5 Å². The van der Waals surface area contributed by atoms with E-state index in [0.29, 0.717) is 40.4 Å². The summed E-state index contributed by atoms with van der Waals surface area (Å²) in [6, 6.07) is 12.8. The smallest absolute Gasteiger partial charge is 0.258 e. The molecule has 1 aliphatic heterocycles. The quantitative estimate of drug-likeness (QED) is 0.409. The first kappa shape index (κ1) is 19.1. The van der Waals surface area contributed by atoms with Gasteiger partial charge >= 0.3 is 0 Å². The van der Waals surface area contributed by atoms with Gasteiger partial charge in [-0.05, 0) is 40.2 Å². The van der Waals surface area contributed by atoms with Crippen molar-refractivity contribution in [2.24, 2.45) is 7.05 Å². The van der Waals surface area contributed by atoms with Gasteiger partial charge in [-0.2, -0.15) is 0 Å². The van der Waals surface area contributed by atoms with Crippen LogP contribution in [0.3, 0.4) is 0 Å². The summed E-state index contributed by atoms with van der Waals surface area (Å²) < 4.78 is 16.0. The molecule has 1 atom stereocenters. The van der Waals surface area contributed by atoms with E-state index in [-0.39, 0.29) is 11.7 Å². The van der Waals surface area contributed by atoms with Gasteiger partial charge in [-0.3, -0.25) is 9.20 Å². The van der Waals surface area contributed by atoms with Gasteiger partial charge in [0.2, 0.25) is 0 Å². The van der Waals surface area contributed by atoms with Gasteiger partial charge in [0, 0.05) is 29.5 Å². The fourth-order valence-corrected chi connectivity index (χ4v) is 4.37. The van der Waals surface area contributed by atoms with Crippen LogP contribution in [0.5, 0.6) is 11.5 Å². The second kappa shape index (κ2) is 7.77. The van der Waals surface area contributed by atoms with E-state index in [0.717, 1.165) is 10.2 Å². The minimum absolute atomic E-state index is 0.123. The fourth-order valence-electron chi connectivity index (χ4n) is 3.22. The molecule has 0 saturated heterocycles. The Morgan fingerprint density at radius 3 is 2.90 bits per heavy atom. The van der Waals surface area contributed by atoms with Crippen LogP contribution in [0.2, 0.25) is 0 Å². The summed E-state index contributed by atoms with van der Waals surface area (Å²) in [6.45, 7) is 0.367. The average molecular weight is 486 g/mol. The number of hydrogen-bond donors (Lipinski definition) is 0. The average Bonchev–Trinajstić information content (AvgIpc) is 3.13. The minimum Gasteiger partial charge on any atom is -0.485 e. The van der Waals surface area contributed by atoms with Gasteiger partial charge in [-0.15, -0.1) is 10.2 Å². The van der Waals surface area contributed by atoms with Crippen molar-refractivity contribution in [1.82, 2.24) is 24.1 Å². The second-order valence-electron chi connectivity index (χ2n) is 6.71. The molecule has 30 heavy (non-hydrogen) atoms. The molecule has 0 amide bonds. The van der Waals surface area contributed by atoms with Gasteiger partial charge in [0.05, 0.1) is 5.69 Å². The molecule has 3 aromatic heterocycles. The van der Waals surface area contributed by atoms with Crippen LogP contribution in [0.1, 0.15) is 17.6 Å². The van der Waals surface area contributed by atoms with Gasteiger partial charge in [-0.1, -0.05) is 23.9 Å². The van der Waals surface area contributed by atoms with Gasteiger partial charge in [0.1, 0.15) is 12.3 Å². The molecule has 1 aromatic carbocycles. The molecule has 8 nitrogen and oxygen atoms in total. The Hall–Kier alpha value is -2.85. The third kappa shape index (κ3) is 3.56. The van der Waals surface area contributed by atoms with E-state index in [9.17, 15) is 4.79 Å². The molecule has 4 aromatic rings. The Morgan fingerprint density at radius 1 is 1.20 bits per heavy atom. The maximum Gasteiger partial charge on any atom is 0.258 e. The first-order chi connectivity index (χ1) is 14.6. The second-order valence-corrected chi connectivity index (χ2v) is 8.57. The van der Waals surface area contributed by atoms with Crippen molar-refractivity contribution >= 4 is 33.3 Å². The van der Waals surface area contributed by atoms with Crippen molar-refractivity contribution in [3.8, 4) is 11.5 Å². The molecule has 0 unspecified atom stereocenters. The zero-order valence-electron chi connectivity index (χ0n) is 15.9. The Balaban J connectivity index is 1.34. The molecule has 0 radical (unpaired) electrons. The van der Waals surface area contributed by atoms with E-state index in [4.69, 9.17) is 9.47 Å². The third-order valence-corrected chi connectivity index (χ3v) is 6.21. The number of benzene rings is 1. The van der Waals surface area contributed by atoms with Crippen LogP contribution >= 0.6 is 27.7 Å². The highest BCUT2D eigenvalue weighted by Gasteiger charge is 2.27. The van der Waals surface area contributed by atoms with Crippen molar-refractivity contribution < 1.29 is 9.47 Å². The van der Waals surface area contributed by atoms with E-state index in [2.05, 4.69) is 31.1 Å². The Labute approximate surface area is 184 Å². The van der Waals surface area contributed by atoms with Crippen molar-refractivity contribution in [1.29, 1.82) is 0 Å². The van der Waals surface area contributed by atoms with Crippen LogP contribution < -0.4 is 15.0 Å². The van der Waals surface area contributed by atoms with Crippen molar-refractivity contribution in [3.05, 3.63) is 75.0 Å². The molecular weight excluding hydrogens is 470 g/mol. The molecular formula is C20H16BrN5O3S. The van der Waals surface area contributed by atoms with Crippen LogP contribution in [0.15, 0.2) is 63.1 Å².